The molecule has 0 aromatic carbocycles. The van der Waals surface area contributed by atoms with Crippen molar-refractivity contribution in [2.24, 2.45) is 0 Å². The highest BCUT2D eigenvalue weighted by Gasteiger charge is 2.50. The van der Waals surface area contributed by atoms with Crippen LogP contribution in [0.1, 0.15) is 19.1 Å². The maximum atomic E-state index is 12.1. The number of anilines is 1. The van der Waals surface area contributed by atoms with E-state index in [1.807, 2.05) is 0 Å². The Morgan fingerprint density at radius 3 is 2.47 bits per heavy atom. The third-order valence-electron chi connectivity index (χ3n) is 4.05. The maximum Gasteiger partial charge on any atom is 0.488 e. The van der Waals surface area contributed by atoms with Crippen LogP contribution in [0.15, 0.2) is 17.1 Å². The van der Waals surface area contributed by atoms with Crippen molar-refractivity contribution in [2.45, 2.75) is 30.8 Å². The first-order valence-electron chi connectivity index (χ1n) is 7.97. The van der Waals surface area contributed by atoms with E-state index in [0.717, 1.165) is 4.57 Å². The molecule has 1 aliphatic heterocycles. The summed E-state index contributed by atoms with van der Waals surface area (Å²) in [4.78, 5) is 51.5. The van der Waals surface area contributed by atoms with Gasteiger partial charge in [0, 0.05) is 12.6 Å². The summed E-state index contributed by atoms with van der Waals surface area (Å²) in [7, 11) is -16.1. The number of nitrogen functional groups attached to an aromatic ring is 1. The van der Waals surface area contributed by atoms with Crippen LogP contribution >= 0.6 is 34.8 Å². The Hall–Kier alpha value is -0.660. The summed E-state index contributed by atoms with van der Waals surface area (Å²) in [5.74, 6) is -0.444. The minimum absolute atomic E-state index is 0.0391. The predicted molar refractivity (Wildman–Crippen MR) is 100 cm³/mol. The molecule has 172 valence electrons. The zero-order chi connectivity index (χ0) is 23.0. The van der Waals surface area contributed by atoms with E-state index >= 15 is 0 Å². The van der Waals surface area contributed by atoms with Crippen LogP contribution in [0.5, 0.6) is 0 Å². The number of phosphoric acid groups is 2. The normalized spacial score (nSPS) is 28.7. The zero-order valence-electron chi connectivity index (χ0n) is 14.9. The van der Waals surface area contributed by atoms with E-state index in [1.165, 1.54) is 12.3 Å². The van der Waals surface area contributed by atoms with E-state index in [2.05, 4.69) is 13.6 Å². The molecule has 1 aromatic rings. The standard InChI is InChI=1S/C11H19ClN3O12P3/c12-6-11(2-4-28(18,19)26-30(23,24)27-29(20,21)22)7(16)5-9(25-11)15-3-1-8(13)14-10(15)17/h1,3,7,9,16H,2,4-6H2,(H,18,19)(H,23,24)(H2,13,14,17)(H2,20,21,22)/t7-,9+,11-/m0/s1. The van der Waals surface area contributed by atoms with Crippen molar-refractivity contribution in [3.8, 4) is 0 Å². The lowest BCUT2D eigenvalue weighted by Gasteiger charge is -2.30. The number of aliphatic hydroxyl groups excluding tert-OH is 1. The van der Waals surface area contributed by atoms with Crippen LogP contribution < -0.4 is 11.4 Å². The average molecular weight is 514 g/mol. The molecule has 0 saturated carbocycles. The number of aliphatic hydroxyl groups is 1. The maximum absolute atomic E-state index is 12.1. The van der Waals surface area contributed by atoms with E-state index in [1.54, 1.807) is 0 Å². The van der Waals surface area contributed by atoms with Crippen molar-refractivity contribution in [1.29, 1.82) is 0 Å². The predicted octanol–water partition coefficient (Wildman–Crippen LogP) is -0.115. The Bertz CT molecular complexity index is 984. The molecule has 0 spiro atoms. The molecule has 0 amide bonds. The van der Waals surface area contributed by atoms with Gasteiger partial charge in [0.2, 0.25) is 0 Å². The number of halogens is 1. The van der Waals surface area contributed by atoms with Crippen LogP contribution in [0.3, 0.4) is 0 Å². The second-order valence-corrected chi connectivity index (χ2v) is 11.5. The van der Waals surface area contributed by atoms with Gasteiger partial charge in [0.15, 0.2) is 0 Å². The summed E-state index contributed by atoms with van der Waals surface area (Å²) in [6, 6.07) is 1.31. The van der Waals surface area contributed by atoms with Crippen molar-refractivity contribution >= 4 is 40.7 Å². The van der Waals surface area contributed by atoms with Gasteiger partial charge < -0.3 is 35.2 Å². The van der Waals surface area contributed by atoms with Gasteiger partial charge in [-0.1, -0.05) is 0 Å². The molecule has 0 radical (unpaired) electrons. The Labute approximate surface area is 173 Å². The highest BCUT2D eigenvalue weighted by Crippen LogP contribution is 2.66. The number of nitrogens with zero attached hydrogens (tertiary/aromatic N) is 2. The molecule has 2 unspecified atom stereocenters. The molecule has 1 aromatic heterocycles. The van der Waals surface area contributed by atoms with E-state index in [9.17, 15) is 33.4 Å². The molecule has 2 heterocycles. The lowest BCUT2D eigenvalue weighted by Crippen LogP contribution is -2.42. The smallest absolute Gasteiger partial charge is 0.390 e. The van der Waals surface area contributed by atoms with E-state index < -0.39 is 65.3 Å². The Morgan fingerprint density at radius 1 is 1.30 bits per heavy atom. The molecular weight excluding hydrogens is 495 g/mol. The minimum atomic E-state index is -5.59. The number of rotatable bonds is 9. The first-order valence-corrected chi connectivity index (χ1v) is 13.3. The highest BCUT2D eigenvalue weighted by atomic mass is 35.5. The quantitative estimate of drug-likeness (QED) is 0.186. The molecule has 15 nitrogen and oxygen atoms in total. The van der Waals surface area contributed by atoms with Gasteiger partial charge in [-0.25, -0.2) is 18.2 Å². The lowest BCUT2D eigenvalue weighted by atomic mass is 9.96. The molecule has 5 atom stereocenters. The lowest BCUT2D eigenvalue weighted by molar-refractivity contribution is -0.0908. The molecule has 2 rings (SSSR count). The SMILES string of the molecule is Nc1ccn([C@H]2C[C@H](O)[C@@](CCl)(CCP(=O)(O)OP(=O)(O)OP(=O)(O)O)O2)c(=O)n1. The van der Waals surface area contributed by atoms with Gasteiger partial charge in [-0.3, -0.25) is 9.13 Å². The molecule has 30 heavy (non-hydrogen) atoms. The fraction of sp³-hybridized carbons (Fsp3) is 0.636. The molecule has 0 aliphatic carbocycles. The van der Waals surface area contributed by atoms with Gasteiger partial charge >= 0.3 is 28.9 Å². The van der Waals surface area contributed by atoms with Crippen molar-refractivity contribution in [3.05, 3.63) is 22.7 Å². The molecule has 1 aliphatic rings. The fourth-order valence-electron chi connectivity index (χ4n) is 2.71. The minimum Gasteiger partial charge on any atom is -0.390 e. The van der Waals surface area contributed by atoms with E-state index in [4.69, 9.17) is 31.9 Å². The highest BCUT2D eigenvalue weighted by molar-refractivity contribution is 7.68. The largest absolute Gasteiger partial charge is 0.488 e. The fourth-order valence-corrected chi connectivity index (χ4v) is 6.83. The van der Waals surface area contributed by atoms with E-state index in [-0.39, 0.29) is 12.2 Å². The monoisotopic (exact) mass is 513 g/mol. The van der Waals surface area contributed by atoms with Crippen LogP contribution in [0.2, 0.25) is 0 Å². The first-order chi connectivity index (χ1) is 13.6. The third kappa shape index (κ3) is 6.67. The summed E-state index contributed by atoms with van der Waals surface area (Å²) in [6.45, 7) is 0. The van der Waals surface area contributed by atoms with Crippen molar-refractivity contribution in [1.82, 2.24) is 9.55 Å². The zero-order valence-corrected chi connectivity index (χ0v) is 18.4. The van der Waals surface area contributed by atoms with Gasteiger partial charge in [0.1, 0.15) is 17.6 Å². The summed E-state index contributed by atoms with van der Waals surface area (Å²) >= 11 is 5.87. The van der Waals surface area contributed by atoms with Crippen molar-refractivity contribution in [3.63, 3.8) is 0 Å². The summed E-state index contributed by atoms with van der Waals surface area (Å²) in [6.07, 6.45) is -2.64. The Morgan fingerprint density at radius 2 is 1.93 bits per heavy atom. The van der Waals surface area contributed by atoms with Gasteiger partial charge in [0.25, 0.3) is 0 Å². The van der Waals surface area contributed by atoms with Crippen LogP contribution in [-0.2, 0) is 27.1 Å². The molecule has 1 fully saturated rings. The summed E-state index contributed by atoms with van der Waals surface area (Å²) < 4.78 is 48.3. The van der Waals surface area contributed by atoms with Crippen LogP contribution in [0.4, 0.5) is 5.82 Å². The second-order valence-electron chi connectivity index (χ2n) is 6.30. The number of ether oxygens (including phenoxy) is 1. The number of hydrogen-bond donors (Lipinski definition) is 6. The van der Waals surface area contributed by atoms with Crippen LogP contribution in [0, 0.1) is 0 Å². The number of nitrogens with two attached hydrogens (primary N) is 1. The average Bonchev–Trinajstić information content (AvgIpc) is 2.86. The first kappa shape index (κ1) is 25.6. The summed E-state index contributed by atoms with van der Waals surface area (Å²) in [5.41, 5.74) is 2.98. The second kappa shape index (κ2) is 9.07. The van der Waals surface area contributed by atoms with Crippen LogP contribution in [-0.4, -0.2) is 58.0 Å². The molecule has 0 bridgehead atoms. The molecule has 1 saturated heterocycles. The molecule has 19 heteroatoms. The molecule has 7 N–H and O–H groups in total. The number of alkyl halides is 1. The number of hydrogen-bond acceptors (Lipinski definition) is 10. The van der Waals surface area contributed by atoms with Gasteiger partial charge in [-0.2, -0.15) is 9.29 Å². The number of aromatic nitrogens is 2. The van der Waals surface area contributed by atoms with Crippen LogP contribution in [0.25, 0.3) is 0 Å². The molecular formula is C11H19ClN3O12P3. The third-order valence-corrected chi connectivity index (χ3v) is 8.81. The summed E-state index contributed by atoms with van der Waals surface area (Å²) in [5, 5.41) is 10.4. The van der Waals surface area contributed by atoms with Gasteiger partial charge in [0.05, 0.1) is 18.1 Å². The Kier molecular flexibility index (Phi) is 7.74. The Balaban J connectivity index is 2.13. The van der Waals surface area contributed by atoms with Gasteiger partial charge in [-0.15, -0.1) is 11.6 Å². The topological polar surface area (TPSA) is 241 Å². The van der Waals surface area contributed by atoms with Gasteiger partial charge in [-0.05, 0) is 12.5 Å². The van der Waals surface area contributed by atoms with Crippen molar-refractivity contribution in [2.75, 3.05) is 17.8 Å². The van der Waals surface area contributed by atoms with Crippen molar-refractivity contribution < 1.29 is 51.7 Å². The van der Waals surface area contributed by atoms with E-state index in [0.29, 0.717) is 0 Å².